The molecule has 0 saturated carbocycles. The molecule has 0 aliphatic rings. The van der Waals surface area contributed by atoms with Crippen LogP contribution < -0.4 is 0 Å². The third-order valence-corrected chi connectivity index (χ3v) is 3.75. The summed E-state index contributed by atoms with van der Waals surface area (Å²) in [5.74, 6) is 0.755. The van der Waals surface area contributed by atoms with Crippen LogP contribution in [0.5, 0.6) is 0 Å². The van der Waals surface area contributed by atoms with E-state index in [1.54, 1.807) is 19.0 Å². The van der Waals surface area contributed by atoms with Crippen molar-refractivity contribution >= 4 is 51.1 Å². The Balaban J connectivity index is 2.55. The molecule has 2 rings (SSSR count). The second-order valence-corrected chi connectivity index (χ2v) is 6.49. The number of carbonyl (C=O) groups is 1. The summed E-state index contributed by atoms with van der Waals surface area (Å²) in [7, 11) is 3.49. The van der Waals surface area contributed by atoms with Crippen LogP contribution in [-0.4, -0.2) is 34.5 Å². The molecule has 1 unspecified atom stereocenters. The van der Waals surface area contributed by atoms with E-state index in [0.29, 0.717) is 0 Å². The van der Waals surface area contributed by atoms with E-state index in [4.69, 9.17) is 11.6 Å². The highest BCUT2D eigenvalue weighted by atomic mass is 127. The molecule has 1 aromatic carbocycles. The van der Waals surface area contributed by atoms with Crippen LogP contribution in [0.3, 0.4) is 0 Å². The number of hydrogen-bond donors (Lipinski definition) is 0. The predicted octanol–water partition coefficient (Wildman–Crippen LogP) is 3.03. The van der Waals surface area contributed by atoms with Gasteiger partial charge < -0.3 is 9.47 Å². The van der Waals surface area contributed by atoms with Crippen LogP contribution in [0.1, 0.15) is 18.1 Å². The van der Waals surface area contributed by atoms with Crippen LogP contribution in [0.4, 0.5) is 0 Å². The van der Waals surface area contributed by atoms with E-state index in [2.05, 4.69) is 27.6 Å². The number of aromatic nitrogens is 2. The monoisotopic (exact) mass is 391 g/mol. The molecular formula is C13H15ClIN3O. The second kappa shape index (κ2) is 5.66. The fourth-order valence-corrected chi connectivity index (χ4v) is 2.51. The Hall–Kier alpha value is -0.820. The van der Waals surface area contributed by atoms with Gasteiger partial charge in [0.15, 0.2) is 0 Å². The Bertz CT molecular complexity index is 622. The molecule has 1 aromatic heterocycles. The van der Waals surface area contributed by atoms with Crippen molar-refractivity contribution in [2.24, 2.45) is 0 Å². The maximum absolute atomic E-state index is 11.9. The highest BCUT2D eigenvalue weighted by Gasteiger charge is 2.17. The molecule has 0 saturated heterocycles. The zero-order valence-corrected chi connectivity index (χ0v) is 13.9. The van der Waals surface area contributed by atoms with Crippen molar-refractivity contribution in [3.05, 3.63) is 27.6 Å². The second-order valence-electron chi connectivity index (χ2n) is 4.59. The standard InChI is InChI=1S/C13H15ClIN3O/c1-8(14)13-16-10-6-9(15)4-5-11(10)18(13)7-12(19)17(2)3/h4-6,8H,7H2,1-3H3. The quantitative estimate of drug-likeness (QED) is 0.596. The van der Waals surface area contributed by atoms with E-state index in [-0.39, 0.29) is 17.8 Å². The van der Waals surface area contributed by atoms with E-state index in [9.17, 15) is 4.79 Å². The Morgan fingerprint density at radius 2 is 2.21 bits per heavy atom. The summed E-state index contributed by atoms with van der Waals surface area (Å²) < 4.78 is 3.01. The number of imidazole rings is 1. The number of rotatable bonds is 3. The van der Waals surface area contributed by atoms with E-state index in [1.807, 2.05) is 29.7 Å². The number of nitrogens with zero attached hydrogens (tertiary/aromatic N) is 3. The molecule has 1 atom stereocenters. The summed E-state index contributed by atoms with van der Waals surface area (Å²) in [5, 5.41) is -0.236. The predicted molar refractivity (Wildman–Crippen MR) is 85.4 cm³/mol. The lowest BCUT2D eigenvalue weighted by Crippen LogP contribution is -2.27. The van der Waals surface area contributed by atoms with E-state index in [1.165, 1.54) is 0 Å². The van der Waals surface area contributed by atoms with Crippen LogP contribution in [0.2, 0.25) is 0 Å². The minimum atomic E-state index is -0.236. The maximum Gasteiger partial charge on any atom is 0.242 e. The van der Waals surface area contributed by atoms with Crippen molar-refractivity contribution in [1.29, 1.82) is 0 Å². The minimum absolute atomic E-state index is 0.0245. The third-order valence-electron chi connectivity index (χ3n) is 2.89. The number of hydrogen-bond acceptors (Lipinski definition) is 2. The lowest BCUT2D eigenvalue weighted by molar-refractivity contribution is -0.129. The Labute approximate surface area is 130 Å². The lowest BCUT2D eigenvalue weighted by atomic mass is 10.3. The van der Waals surface area contributed by atoms with Crippen LogP contribution in [0.15, 0.2) is 18.2 Å². The Kier molecular flexibility index (Phi) is 4.35. The summed E-state index contributed by atoms with van der Waals surface area (Å²) in [6, 6.07) is 5.98. The van der Waals surface area contributed by atoms with E-state index >= 15 is 0 Å². The first-order valence-electron chi connectivity index (χ1n) is 5.90. The largest absolute Gasteiger partial charge is 0.347 e. The molecule has 0 aliphatic heterocycles. The van der Waals surface area contributed by atoms with Crippen molar-refractivity contribution in [2.75, 3.05) is 14.1 Å². The number of halogens is 2. The van der Waals surface area contributed by atoms with Gasteiger partial charge in [-0.1, -0.05) is 0 Å². The molecule has 2 aromatic rings. The van der Waals surface area contributed by atoms with Gasteiger partial charge in [0.25, 0.3) is 0 Å². The highest BCUT2D eigenvalue weighted by molar-refractivity contribution is 14.1. The van der Waals surface area contributed by atoms with Crippen molar-refractivity contribution in [2.45, 2.75) is 18.8 Å². The van der Waals surface area contributed by atoms with Gasteiger partial charge in [0.1, 0.15) is 12.4 Å². The van der Waals surface area contributed by atoms with Crippen molar-refractivity contribution < 1.29 is 4.79 Å². The van der Waals surface area contributed by atoms with Crippen molar-refractivity contribution in [1.82, 2.24) is 14.5 Å². The van der Waals surface area contributed by atoms with Gasteiger partial charge in [0, 0.05) is 17.7 Å². The first-order chi connectivity index (χ1) is 8.90. The van der Waals surface area contributed by atoms with Crippen molar-refractivity contribution in [3.63, 3.8) is 0 Å². The zero-order valence-electron chi connectivity index (χ0n) is 11.0. The maximum atomic E-state index is 11.9. The molecule has 19 heavy (non-hydrogen) atoms. The van der Waals surface area contributed by atoms with Gasteiger partial charge in [-0.3, -0.25) is 4.79 Å². The molecule has 102 valence electrons. The number of carbonyl (C=O) groups excluding carboxylic acids is 1. The number of fused-ring (bicyclic) bond motifs is 1. The minimum Gasteiger partial charge on any atom is -0.347 e. The summed E-state index contributed by atoms with van der Waals surface area (Å²) in [6.07, 6.45) is 0. The van der Waals surface area contributed by atoms with Crippen LogP contribution in [0.25, 0.3) is 11.0 Å². The first kappa shape index (κ1) is 14.6. The fraction of sp³-hybridized carbons (Fsp3) is 0.385. The zero-order chi connectivity index (χ0) is 14.2. The summed E-state index contributed by atoms with van der Waals surface area (Å²) in [5.41, 5.74) is 1.82. The van der Waals surface area contributed by atoms with Crippen molar-refractivity contribution in [3.8, 4) is 0 Å². The van der Waals surface area contributed by atoms with Gasteiger partial charge in [-0.25, -0.2) is 4.98 Å². The molecule has 6 heteroatoms. The van der Waals surface area contributed by atoms with E-state index < -0.39 is 0 Å². The lowest BCUT2D eigenvalue weighted by Gasteiger charge is -2.14. The molecule has 0 fully saturated rings. The summed E-state index contributed by atoms with van der Waals surface area (Å²) in [4.78, 5) is 18.0. The van der Waals surface area contributed by atoms with Gasteiger partial charge in [-0.15, -0.1) is 11.6 Å². The molecule has 0 bridgehead atoms. The molecule has 4 nitrogen and oxygen atoms in total. The molecule has 1 amide bonds. The first-order valence-corrected chi connectivity index (χ1v) is 7.41. The fourth-order valence-electron chi connectivity index (χ4n) is 1.87. The molecule has 1 heterocycles. The average molecular weight is 392 g/mol. The number of benzene rings is 1. The molecular weight excluding hydrogens is 377 g/mol. The Morgan fingerprint density at radius 1 is 1.53 bits per heavy atom. The number of alkyl halides is 1. The van der Waals surface area contributed by atoms with Gasteiger partial charge >= 0.3 is 0 Å². The van der Waals surface area contributed by atoms with Gasteiger partial charge in [-0.2, -0.15) is 0 Å². The van der Waals surface area contributed by atoms with Crippen LogP contribution in [-0.2, 0) is 11.3 Å². The summed E-state index contributed by atoms with van der Waals surface area (Å²) in [6.45, 7) is 2.13. The smallest absolute Gasteiger partial charge is 0.242 e. The molecule has 0 N–H and O–H groups in total. The van der Waals surface area contributed by atoms with Gasteiger partial charge in [-0.05, 0) is 47.7 Å². The summed E-state index contributed by atoms with van der Waals surface area (Å²) >= 11 is 8.42. The molecule has 0 aliphatic carbocycles. The van der Waals surface area contributed by atoms with Crippen LogP contribution in [0, 0.1) is 3.57 Å². The topological polar surface area (TPSA) is 38.1 Å². The normalized spacial score (nSPS) is 12.7. The van der Waals surface area contributed by atoms with Gasteiger partial charge in [0.05, 0.1) is 16.4 Å². The molecule has 0 radical (unpaired) electrons. The van der Waals surface area contributed by atoms with E-state index in [0.717, 1.165) is 20.4 Å². The average Bonchev–Trinajstić information content (AvgIpc) is 2.67. The third kappa shape index (κ3) is 3.02. The highest BCUT2D eigenvalue weighted by Crippen LogP contribution is 2.25. The van der Waals surface area contributed by atoms with Gasteiger partial charge in [0.2, 0.25) is 5.91 Å². The SMILES string of the molecule is CC(Cl)c1nc2cc(I)ccc2n1CC(=O)N(C)C. The number of amides is 1. The molecule has 0 spiro atoms. The Morgan fingerprint density at radius 3 is 2.79 bits per heavy atom. The number of likely N-dealkylation sites (N-methyl/N-ethyl adjacent to an activating group) is 1. The van der Waals surface area contributed by atoms with Crippen LogP contribution >= 0.6 is 34.2 Å².